The van der Waals surface area contributed by atoms with Crippen LogP contribution >= 0.6 is 11.6 Å². The van der Waals surface area contributed by atoms with Crippen molar-refractivity contribution in [3.63, 3.8) is 0 Å². The predicted octanol–water partition coefficient (Wildman–Crippen LogP) is 2.90. The summed E-state index contributed by atoms with van der Waals surface area (Å²) in [7, 11) is 3.69. The lowest BCUT2D eigenvalue weighted by Gasteiger charge is -2.22. The van der Waals surface area contributed by atoms with E-state index in [-0.39, 0.29) is 0 Å². The number of anilines is 1. The van der Waals surface area contributed by atoms with Crippen molar-refractivity contribution in [3.05, 3.63) is 17.0 Å². The lowest BCUT2D eigenvalue weighted by atomic mass is 10.1. The van der Waals surface area contributed by atoms with Gasteiger partial charge in [0.05, 0.1) is 0 Å². The highest BCUT2D eigenvalue weighted by atomic mass is 35.5. The van der Waals surface area contributed by atoms with Crippen LogP contribution in [0.2, 0.25) is 5.15 Å². The molecule has 0 unspecified atom stereocenters. The van der Waals surface area contributed by atoms with Crippen LogP contribution in [-0.4, -0.2) is 30.7 Å². The Morgan fingerprint density at radius 3 is 2.78 bits per heavy atom. The maximum atomic E-state index is 6.01. The van der Waals surface area contributed by atoms with Gasteiger partial charge in [0.15, 0.2) is 5.82 Å². The smallest absolute Gasteiger partial charge is 0.158 e. The Balaban J connectivity index is 2.05. The second-order valence-corrected chi connectivity index (χ2v) is 5.32. The minimum absolute atomic E-state index is 0.394. The van der Waals surface area contributed by atoms with Crippen LogP contribution in [0.5, 0.6) is 0 Å². The third-order valence-electron chi connectivity index (χ3n) is 3.40. The molecule has 1 saturated carbocycles. The van der Waals surface area contributed by atoms with E-state index in [2.05, 4.69) is 21.9 Å². The van der Waals surface area contributed by atoms with E-state index >= 15 is 0 Å². The van der Waals surface area contributed by atoms with E-state index in [0.717, 1.165) is 18.3 Å². The lowest BCUT2D eigenvalue weighted by Crippen LogP contribution is -2.25. The molecular formula is C13H20ClN3O. The van der Waals surface area contributed by atoms with Crippen LogP contribution in [0.1, 0.15) is 31.5 Å². The normalized spacial score (nSPS) is 16.2. The van der Waals surface area contributed by atoms with E-state index in [1.807, 2.05) is 6.07 Å². The summed E-state index contributed by atoms with van der Waals surface area (Å²) in [6.45, 7) is 1.44. The topological polar surface area (TPSA) is 38.2 Å². The van der Waals surface area contributed by atoms with Crippen LogP contribution in [0.3, 0.4) is 0 Å². The molecule has 18 heavy (non-hydrogen) atoms. The summed E-state index contributed by atoms with van der Waals surface area (Å²) in [5.41, 5.74) is 0. The minimum atomic E-state index is 0.394. The molecule has 4 nitrogen and oxygen atoms in total. The summed E-state index contributed by atoms with van der Waals surface area (Å²) in [5, 5.41) is 0.477. The van der Waals surface area contributed by atoms with Crippen molar-refractivity contribution in [3.8, 4) is 0 Å². The van der Waals surface area contributed by atoms with Crippen LogP contribution < -0.4 is 4.90 Å². The van der Waals surface area contributed by atoms with Gasteiger partial charge in [0.1, 0.15) is 17.6 Å². The first-order valence-corrected chi connectivity index (χ1v) is 6.80. The second-order valence-electron chi connectivity index (χ2n) is 4.93. The van der Waals surface area contributed by atoms with Gasteiger partial charge in [0.2, 0.25) is 0 Å². The molecule has 0 saturated heterocycles. The molecule has 0 aliphatic heterocycles. The molecule has 0 amide bonds. The van der Waals surface area contributed by atoms with Crippen LogP contribution in [-0.2, 0) is 11.3 Å². The first-order chi connectivity index (χ1) is 8.69. The number of ether oxygens (including phenoxy) is 1. The van der Waals surface area contributed by atoms with Gasteiger partial charge in [-0.1, -0.05) is 24.4 Å². The summed E-state index contributed by atoms with van der Waals surface area (Å²) in [6, 6.07) is 1.82. The molecule has 0 bridgehead atoms. The Kier molecular flexibility index (Phi) is 4.78. The van der Waals surface area contributed by atoms with Crippen molar-refractivity contribution in [1.29, 1.82) is 0 Å². The molecule has 0 spiro atoms. The third-order valence-corrected chi connectivity index (χ3v) is 3.59. The molecule has 0 aromatic carbocycles. The summed E-state index contributed by atoms with van der Waals surface area (Å²) in [6.07, 6.45) is 5.37. The van der Waals surface area contributed by atoms with E-state index in [1.165, 1.54) is 25.7 Å². The number of hydrogen-bond donors (Lipinski definition) is 0. The number of aromatic nitrogens is 2. The van der Waals surface area contributed by atoms with Crippen molar-refractivity contribution >= 4 is 17.4 Å². The molecule has 100 valence electrons. The molecule has 1 aliphatic rings. The summed E-state index contributed by atoms with van der Waals surface area (Å²) in [5.74, 6) is 2.31. The monoisotopic (exact) mass is 269 g/mol. The molecule has 0 radical (unpaired) electrons. The first kappa shape index (κ1) is 13.6. The largest absolute Gasteiger partial charge is 0.377 e. The van der Waals surface area contributed by atoms with E-state index < -0.39 is 0 Å². The quantitative estimate of drug-likeness (QED) is 0.771. The van der Waals surface area contributed by atoms with Crippen molar-refractivity contribution in [1.82, 2.24) is 9.97 Å². The molecule has 2 rings (SSSR count). The van der Waals surface area contributed by atoms with Gasteiger partial charge >= 0.3 is 0 Å². The Labute approximate surface area is 113 Å². The van der Waals surface area contributed by atoms with Crippen molar-refractivity contribution < 1.29 is 4.74 Å². The summed E-state index contributed by atoms with van der Waals surface area (Å²) < 4.78 is 5.05. The van der Waals surface area contributed by atoms with E-state index in [4.69, 9.17) is 16.3 Å². The van der Waals surface area contributed by atoms with Gasteiger partial charge in [-0.3, -0.25) is 0 Å². The van der Waals surface area contributed by atoms with Gasteiger partial charge in [-0.2, -0.15) is 0 Å². The van der Waals surface area contributed by atoms with E-state index in [1.54, 1.807) is 7.11 Å². The van der Waals surface area contributed by atoms with E-state index in [0.29, 0.717) is 17.6 Å². The number of hydrogen-bond acceptors (Lipinski definition) is 4. The molecule has 1 aromatic heterocycles. The Morgan fingerprint density at radius 1 is 1.39 bits per heavy atom. The van der Waals surface area contributed by atoms with Gasteiger partial charge in [-0.25, -0.2) is 9.97 Å². The first-order valence-electron chi connectivity index (χ1n) is 6.42. The number of nitrogens with zero attached hydrogens (tertiary/aromatic N) is 3. The molecule has 0 N–H and O–H groups in total. The molecule has 0 atom stereocenters. The zero-order valence-corrected chi connectivity index (χ0v) is 11.8. The highest BCUT2D eigenvalue weighted by molar-refractivity contribution is 6.29. The zero-order chi connectivity index (χ0) is 13.0. The highest BCUT2D eigenvalue weighted by Crippen LogP contribution is 2.26. The fourth-order valence-electron chi connectivity index (χ4n) is 2.51. The van der Waals surface area contributed by atoms with Crippen molar-refractivity contribution in [2.75, 3.05) is 25.6 Å². The molecule has 5 heteroatoms. The lowest BCUT2D eigenvalue weighted by molar-refractivity contribution is 0.178. The number of rotatable bonds is 5. The SMILES string of the molecule is COCc1nc(Cl)cc(N(C)CC2CCCC2)n1. The van der Waals surface area contributed by atoms with Gasteiger partial charge in [0.25, 0.3) is 0 Å². The van der Waals surface area contributed by atoms with Crippen LogP contribution in [0.25, 0.3) is 0 Å². The van der Waals surface area contributed by atoms with Gasteiger partial charge in [0, 0.05) is 26.8 Å². The standard InChI is InChI=1S/C13H20ClN3O/c1-17(8-10-5-3-4-6-10)13-7-11(14)15-12(16-13)9-18-2/h7,10H,3-6,8-9H2,1-2H3. The second kappa shape index (κ2) is 6.34. The van der Waals surface area contributed by atoms with Crippen LogP contribution in [0.15, 0.2) is 6.07 Å². The molecule has 1 heterocycles. The zero-order valence-electron chi connectivity index (χ0n) is 11.0. The predicted molar refractivity (Wildman–Crippen MR) is 73.0 cm³/mol. The maximum absolute atomic E-state index is 6.01. The Morgan fingerprint density at radius 2 is 2.11 bits per heavy atom. The third kappa shape index (κ3) is 3.56. The number of halogens is 1. The summed E-state index contributed by atoms with van der Waals surface area (Å²) in [4.78, 5) is 10.8. The maximum Gasteiger partial charge on any atom is 0.158 e. The van der Waals surface area contributed by atoms with Gasteiger partial charge in [-0.05, 0) is 18.8 Å². The average Bonchev–Trinajstić information content (AvgIpc) is 2.81. The van der Waals surface area contributed by atoms with Gasteiger partial charge in [-0.15, -0.1) is 0 Å². The molecule has 1 fully saturated rings. The molecular weight excluding hydrogens is 250 g/mol. The van der Waals surface area contributed by atoms with Crippen molar-refractivity contribution in [2.24, 2.45) is 5.92 Å². The van der Waals surface area contributed by atoms with Crippen LogP contribution in [0.4, 0.5) is 5.82 Å². The van der Waals surface area contributed by atoms with E-state index in [9.17, 15) is 0 Å². The molecule has 1 aliphatic carbocycles. The fraction of sp³-hybridized carbons (Fsp3) is 0.692. The Hall–Kier alpha value is -0.870. The van der Waals surface area contributed by atoms with Crippen LogP contribution in [0, 0.1) is 5.92 Å². The average molecular weight is 270 g/mol. The minimum Gasteiger partial charge on any atom is -0.377 e. The fourth-order valence-corrected chi connectivity index (χ4v) is 2.71. The summed E-state index contributed by atoms with van der Waals surface area (Å²) >= 11 is 6.01. The highest BCUT2D eigenvalue weighted by Gasteiger charge is 2.18. The molecule has 1 aromatic rings. The van der Waals surface area contributed by atoms with Gasteiger partial charge < -0.3 is 9.64 Å². The Bertz CT molecular complexity index is 394. The van der Waals surface area contributed by atoms with Crippen molar-refractivity contribution in [2.45, 2.75) is 32.3 Å². The number of methoxy groups -OCH3 is 1.